The molecule has 3 heterocycles. The number of nitrogens with one attached hydrogen (secondary N) is 2. The third-order valence-electron chi connectivity index (χ3n) is 5.66. The van der Waals surface area contributed by atoms with Crippen LogP contribution in [0.25, 0.3) is 0 Å². The predicted molar refractivity (Wildman–Crippen MR) is 92.9 cm³/mol. The molecule has 0 spiro atoms. The van der Waals surface area contributed by atoms with Crippen LogP contribution in [0.15, 0.2) is 0 Å². The first kappa shape index (κ1) is 17.3. The van der Waals surface area contributed by atoms with Gasteiger partial charge in [0.2, 0.25) is 0 Å². The Balaban J connectivity index is 1.32. The van der Waals surface area contributed by atoms with Crippen molar-refractivity contribution in [3.63, 3.8) is 0 Å². The molecule has 0 aromatic rings. The average molecular weight is 337 g/mol. The summed E-state index contributed by atoms with van der Waals surface area (Å²) in [5.41, 5.74) is 0. The molecule has 0 saturated carbocycles. The number of nitrogens with zero attached hydrogens (tertiary/aromatic N) is 3. The van der Waals surface area contributed by atoms with Gasteiger partial charge in [0, 0.05) is 45.3 Å². The number of carbonyl (C=O) groups excluding carboxylic acids is 2. The fourth-order valence-electron chi connectivity index (χ4n) is 3.93. The van der Waals surface area contributed by atoms with Gasteiger partial charge in [0.15, 0.2) is 0 Å². The molecule has 7 heteroatoms. The topological polar surface area (TPSA) is 67.9 Å². The van der Waals surface area contributed by atoms with E-state index < -0.39 is 0 Å². The van der Waals surface area contributed by atoms with Crippen LogP contribution in [0.4, 0.5) is 9.59 Å². The minimum Gasteiger partial charge on any atom is -0.337 e. The van der Waals surface area contributed by atoms with Crippen LogP contribution in [0.1, 0.15) is 32.6 Å². The van der Waals surface area contributed by atoms with Crippen molar-refractivity contribution in [2.24, 2.45) is 5.92 Å². The van der Waals surface area contributed by atoms with Gasteiger partial charge in [-0.05, 0) is 44.7 Å². The summed E-state index contributed by atoms with van der Waals surface area (Å²) in [5, 5.41) is 5.91. The second-order valence-electron chi connectivity index (χ2n) is 7.40. The van der Waals surface area contributed by atoms with Gasteiger partial charge in [-0.3, -0.25) is 0 Å². The summed E-state index contributed by atoms with van der Waals surface area (Å²) in [6.45, 7) is 9.31. The highest BCUT2D eigenvalue weighted by atomic mass is 16.2. The molecule has 3 fully saturated rings. The second kappa shape index (κ2) is 8.05. The van der Waals surface area contributed by atoms with Crippen LogP contribution in [0.2, 0.25) is 0 Å². The Labute approximate surface area is 144 Å². The number of hydrogen-bond donors (Lipinski definition) is 2. The Hall–Kier alpha value is -1.50. The number of likely N-dealkylation sites (tertiary alicyclic amines) is 2. The van der Waals surface area contributed by atoms with E-state index in [4.69, 9.17) is 0 Å². The summed E-state index contributed by atoms with van der Waals surface area (Å²) in [5.74, 6) is 0.842. The summed E-state index contributed by atoms with van der Waals surface area (Å²) in [6.07, 6.45) is 4.30. The molecular formula is C17H31N5O2. The molecule has 3 aliphatic rings. The van der Waals surface area contributed by atoms with Gasteiger partial charge < -0.3 is 25.3 Å². The molecule has 0 atom stereocenters. The van der Waals surface area contributed by atoms with E-state index in [2.05, 4.69) is 22.5 Å². The van der Waals surface area contributed by atoms with E-state index in [0.29, 0.717) is 0 Å². The zero-order chi connectivity index (χ0) is 16.9. The van der Waals surface area contributed by atoms with Crippen LogP contribution < -0.4 is 10.6 Å². The van der Waals surface area contributed by atoms with Crippen molar-refractivity contribution in [1.29, 1.82) is 0 Å². The van der Waals surface area contributed by atoms with E-state index in [1.807, 2.05) is 9.80 Å². The van der Waals surface area contributed by atoms with Crippen LogP contribution >= 0.6 is 0 Å². The van der Waals surface area contributed by atoms with Crippen LogP contribution in [0.5, 0.6) is 0 Å². The van der Waals surface area contributed by atoms with E-state index in [9.17, 15) is 9.59 Å². The minimum absolute atomic E-state index is 0.0460. The fraction of sp³-hybridized carbons (Fsp3) is 0.882. The highest BCUT2D eigenvalue weighted by Gasteiger charge is 2.31. The van der Waals surface area contributed by atoms with Crippen molar-refractivity contribution in [3.8, 4) is 0 Å². The highest BCUT2D eigenvalue weighted by molar-refractivity contribution is 5.77. The molecule has 3 aliphatic heterocycles. The van der Waals surface area contributed by atoms with Crippen molar-refractivity contribution >= 4 is 12.1 Å². The van der Waals surface area contributed by atoms with Crippen LogP contribution in [0.3, 0.4) is 0 Å². The van der Waals surface area contributed by atoms with E-state index in [0.717, 1.165) is 71.1 Å². The van der Waals surface area contributed by atoms with Gasteiger partial charge >= 0.3 is 12.1 Å². The first-order valence-electron chi connectivity index (χ1n) is 9.43. The van der Waals surface area contributed by atoms with E-state index in [1.54, 1.807) is 0 Å². The van der Waals surface area contributed by atoms with Gasteiger partial charge in [-0.25, -0.2) is 9.59 Å². The van der Waals surface area contributed by atoms with E-state index >= 15 is 0 Å². The van der Waals surface area contributed by atoms with Gasteiger partial charge in [0.05, 0.1) is 0 Å². The maximum Gasteiger partial charge on any atom is 0.317 e. The second-order valence-corrected chi connectivity index (χ2v) is 7.40. The maximum absolute atomic E-state index is 12.3. The molecule has 0 aromatic carbocycles. The SMILES string of the molecule is CC1CCN(CCNC(=O)N2CCC(N3CCNC3=O)CC2)CC1. The summed E-state index contributed by atoms with van der Waals surface area (Å²) < 4.78 is 0. The van der Waals surface area contributed by atoms with Gasteiger partial charge in [-0.2, -0.15) is 0 Å². The molecule has 3 saturated heterocycles. The standard InChI is InChI=1S/C17H31N5O2/c1-14-2-8-20(9-3-14)12-6-18-16(23)21-10-4-15(5-11-21)22-13-7-19-17(22)24/h14-15H,2-13H2,1H3,(H,18,23)(H,19,24). The molecule has 136 valence electrons. The summed E-state index contributed by atoms with van der Waals surface area (Å²) >= 11 is 0. The number of amides is 4. The lowest BCUT2D eigenvalue weighted by atomic mass is 9.99. The van der Waals surface area contributed by atoms with Crippen LogP contribution in [-0.4, -0.2) is 85.2 Å². The Morgan fingerprint density at radius 1 is 1.12 bits per heavy atom. The Kier molecular flexibility index (Phi) is 5.81. The predicted octanol–water partition coefficient (Wildman–Crippen LogP) is 0.918. The zero-order valence-electron chi connectivity index (χ0n) is 14.8. The smallest absolute Gasteiger partial charge is 0.317 e. The van der Waals surface area contributed by atoms with Gasteiger partial charge in [-0.15, -0.1) is 0 Å². The largest absolute Gasteiger partial charge is 0.337 e. The van der Waals surface area contributed by atoms with Crippen LogP contribution in [-0.2, 0) is 0 Å². The molecule has 0 aromatic heterocycles. The molecule has 2 N–H and O–H groups in total. The Morgan fingerprint density at radius 3 is 2.46 bits per heavy atom. The molecule has 0 radical (unpaired) electrons. The van der Waals surface area contributed by atoms with Crippen LogP contribution in [0, 0.1) is 5.92 Å². The number of carbonyl (C=O) groups is 2. The zero-order valence-corrected chi connectivity index (χ0v) is 14.8. The normalized spacial score (nSPS) is 24.3. The molecule has 0 bridgehead atoms. The lowest BCUT2D eigenvalue weighted by Crippen LogP contribution is -2.51. The quantitative estimate of drug-likeness (QED) is 0.801. The van der Waals surface area contributed by atoms with E-state index in [-0.39, 0.29) is 18.1 Å². The first-order chi connectivity index (χ1) is 11.6. The average Bonchev–Trinajstić information content (AvgIpc) is 3.03. The molecule has 0 unspecified atom stereocenters. The number of piperidine rings is 2. The third-order valence-corrected chi connectivity index (χ3v) is 5.66. The Morgan fingerprint density at radius 2 is 1.83 bits per heavy atom. The fourth-order valence-corrected chi connectivity index (χ4v) is 3.93. The molecule has 0 aliphatic carbocycles. The monoisotopic (exact) mass is 337 g/mol. The maximum atomic E-state index is 12.3. The van der Waals surface area contributed by atoms with Gasteiger partial charge in [0.1, 0.15) is 0 Å². The van der Waals surface area contributed by atoms with Crippen molar-refractivity contribution in [2.75, 3.05) is 52.4 Å². The molecule has 3 rings (SSSR count). The van der Waals surface area contributed by atoms with Crippen molar-refractivity contribution in [1.82, 2.24) is 25.3 Å². The summed E-state index contributed by atoms with van der Waals surface area (Å²) in [4.78, 5) is 30.3. The van der Waals surface area contributed by atoms with E-state index in [1.165, 1.54) is 12.8 Å². The van der Waals surface area contributed by atoms with Crippen molar-refractivity contribution in [2.45, 2.75) is 38.6 Å². The Bertz CT molecular complexity index is 442. The minimum atomic E-state index is 0.0460. The highest BCUT2D eigenvalue weighted by Crippen LogP contribution is 2.18. The summed E-state index contributed by atoms with van der Waals surface area (Å²) in [7, 11) is 0. The lowest BCUT2D eigenvalue weighted by molar-refractivity contribution is 0.139. The molecular weight excluding hydrogens is 306 g/mol. The lowest BCUT2D eigenvalue weighted by Gasteiger charge is -2.36. The van der Waals surface area contributed by atoms with Gasteiger partial charge in [-0.1, -0.05) is 6.92 Å². The molecule has 4 amide bonds. The van der Waals surface area contributed by atoms with Crippen molar-refractivity contribution in [3.05, 3.63) is 0 Å². The van der Waals surface area contributed by atoms with Gasteiger partial charge in [0.25, 0.3) is 0 Å². The number of rotatable bonds is 4. The number of urea groups is 2. The number of hydrogen-bond acceptors (Lipinski definition) is 3. The molecule has 24 heavy (non-hydrogen) atoms. The third kappa shape index (κ3) is 4.32. The first-order valence-corrected chi connectivity index (χ1v) is 9.43. The van der Waals surface area contributed by atoms with Crippen molar-refractivity contribution < 1.29 is 9.59 Å². The molecule has 7 nitrogen and oxygen atoms in total. The summed E-state index contributed by atoms with van der Waals surface area (Å²) in [6, 6.07) is 0.380.